The van der Waals surface area contributed by atoms with E-state index in [9.17, 15) is 0 Å². The van der Waals surface area contributed by atoms with Crippen molar-refractivity contribution in [2.24, 2.45) is 0 Å². The monoisotopic (exact) mass is 201 g/mol. The van der Waals surface area contributed by atoms with Gasteiger partial charge in [-0.1, -0.05) is 24.3 Å². The van der Waals surface area contributed by atoms with Crippen LogP contribution in [0.5, 0.6) is 0 Å². The first-order chi connectivity index (χ1) is 7.38. The summed E-state index contributed by atoms with van der Waals surface area (Å²) >= 11 is 0. The van der Waals surface area contributed by atoms with Crippen LogP contribution in [0.25, 0.3) is 0 Å². The van der Waals surface area contributed by atoms with Gasteiger partial charge < -0.3 is 9.88 Å². The summed E-state index contributed by atoms with van der Waals surface area (Å²) in [6.07, 6.45) is 5.62. The summed E-state index contributed by atoms with van der Waals surface area (Å²) in [5.41, 5.74) is 2.62. The number of nitrogens with zero attached hydrogens (tertiary/aromatic N) is 2. The maximum atomic E-state index is 4.03. The van der Waals surface area contributed by atoms with Crippen molar-refractivity contribution in [2.45, 2.75) is 13.1 Å². The second-order valence-corrected chi connectivity index (χ2v) is 3.59. The Morgan fingerprint density at radius 3 is 2.93 bits per heavy atom. The molecule has 0 amide bonds. The molecule has 3 heteroatoms. The summed E-state index contributed by atoms with van der Waals surface area (Å²) in [5.74, 6) is 0. The van der Waals surface area contributed by atoms with Gasteiger partial charge in [-0.2, -0.15) is 0 Å². The molecular weight excluding hydrogens is 186 g/mol. The molecule has 0 aliphatic heterocycles. The van der Waals surface area contributed by atoms with E-state index in [1.54, 1.807) is 6.20 Å². The first-order valence-electron chi connectivity index (χ1n) is 5.06. The highest BCUT2D eigenvalue weighted by atomic mass is 15.0. The van der Waals surface area contributed by atoms with E-state index < -0.39 is 0 Å². The zero-order valence-corrected chi connectivity index (χ0v) is 8.85. The second kappa shape index (κ2) is 4.75. The maximum absolute atomic E-state index is 4.03. The summed E-state index contributed by atoms with van der Waals surface area (Å²) < 4.78 is 2.07. The van der Waals surface area contributed by atoms with Gasteiger partial charge in [0.1, 0.15) is 0 Å². The number of hydrogen-bond acceptors (Lipinski definition) is 2. The number of imidazole rings is 1. The quantitative estimate of drug-likeness (QED) is 0.815. The number of hydrogen-bond donors (Lipinski definition) is 1. The first kappa shape index (κ1) is 9.93. The van der Waals surface area contributed by atoms with E-state index in [0.717, 1.165) is 13.1 Å². The van der Waals surface area contributed by atoms with Crippen molar-refractivity contribution < 1.29 is 0 Å². The van der Waals surface area contributed by atoms with E-state index in [1.165, 1.54) is 11.1 Å². The summed E-state index contributed by atoms with van der Waals surface area (Å²) in [6, 6.07) is 8.59. The Morgan fingerprint density at radius 1 is 1.33 bits per heavy atom. The van der Waals surface area contributed by atoms with Gasteiger partial charge in [0.15, 0.2) is 0 Å². The number of nitrogens with one attached hydrogen (secondary N) is 1. The van der Waals surface area contributed by atoms with Crippen LogP contribution in [-0.2, 0) is 13.1 Å². The molecule has 0 bridgehead atoms. The largest absolute Gasteiger partial charge is 0.333 e. The second-order valence-electron chi connectivity index (χ2n) is 3.59. The molecule has 0 fully saturated rings. The molecule has 0 radical (unpaired) electrons. The van der Waals surface area contributed by atoms with Crippen LogP contribution < -0.4 is 5.32 Å². The van der Waals surface area contributed by atoms with Crippen LogP contribution in [0.1, 0.15) is 11.1 Å². The van der Waals surface area contributed by atoms with Crippen LogP contribution in [0.3, 0.4) is 0 Å². The van der Waals surface area contributed by atoms with Gasteiger partial charge in [0, 0.05) is 25.5 Å². The number of benzene rings is 1. The smallest absolute Gasteiger partial charge is 0.0949 e. The predicted molar refractivity (Wildman–Crippen MR) is 60.5 cm³/mol. The van der Waals surface area contributed by atoms with Gasteiger partial charge in [-0.05, 0) is 18.2 Å². The highest BCUT2D eigenvalue weighted by molar-refractivity contribution is 5.23. The Balaban J connectivity index is 2.11. The molecule has 0 spiro atoms. The highest BCUT2D eigenvalue weighted by Gasteiger charge is 1.96. The normalized spacial score (nSPS) is 10.5. The van der Waals surface area contributed by atoms with Crippen molar-refractivity contribution in [3.05, 3.63) is 54.1 Å². The minimum Gasteiger partial charge on any atom is -0.333 e. The minimum atomic E-state index is 0.886. The van der Waals surface area contributed by atoms with Crippen LogP contribution in [0.15, 0.2) is 43.0 Å². The Morgan fingerprint density at radius 2 is 2.20 bits per heavy atom. The van der Waals surface area contributed by atoms with Gasteiger partial charge in [0.2, 0.25) is 0 Å². The lowest BCUT2D eigenvalue weighted by Gasteiger charge is -2.05. The molecule has 78 valence electrons. The van der Waals surface area contributed by atoms with Crippen molar-refractivity contribution in [1.29, 1.82) is 0 Å². The zero-order valence-electron chi connectivity index (χ0n) is 8.85. The fourth-order valence-electron chi connectivity index (χ4n) is 1.63. The summed E-state index contributed by atoms with van der Waals surface area (Å²) in [5, 5.41) is 3.15. The highest BCUT2D eigenvalue weighted by Crippen LogP contribution is 2.06. The molecule has 15 heavy (non-hydrogen) atoms. The van der Waals surface area contributed by atoms with Crippen molar-refractivity contribution in [3.8, 4) is 0 Å². The molecule has 2 aromatic rings. The van der Waals surface area contributed by atoms with E-state index >= 15 is 0 Å². The third kappa shape index (κ3) is 2.67. The molecule has 0 unspecified atom stereocenters. The average molecular weight is 201 g/mol. The van der Waals surface area contributed by atoms with Crippen LogP contribution in [0.4, 0.5) is 0 Å². The van der Waals surface area contributed by atoms with E-state index in [-0.39, 0.29) is 0 Å². The third-order valence-electron chi connectivity index (χ3n) is 2.30. The first-order valence-corrected chi connectivity index (χ1v) is 5.06. The van der Waals surface area contributed by atoms with E-state index in [1.807, 2.05) is 19.6 Å². The zero-order chi connectivity index (χ0) is 10.5. The summed E-state index contributed by atoms with van der Waals surface area (Å²) in [6.45, 7) is 1.80. The fraction of sp³-hybridized carbons (Fsp3) is 0.250. The van der Waals surface area contributed by atoms with Gasteiger partial charge in [-0.15, -0.1) is 0 Å². The lowest BCUT2D eigenvalue weighted by Crippen LogP contribution is -2.05. The molecule has 0 saturated carbocycles. The molecule has 2 rings (SSSR count). The van der Waals surface area contributed by atoms with Crippen LogP contribution in [-0.4, -0.2) is 16.6 Å². The van der Waals surface area contributed by atoms with Gasteiger partial charge >= 0.3 is 0 Å². The van der Waals surface area contributed by atoms with Gasteiger partial charge in [-0.3, -0.25) is 0 Å². The van der Waals surface area contributed by atoms with Crippen molar-refractivity contribution in [2.75, 3.05) is 7.05 Å². The molecule has 0 saturated heterocycles. The van der Waals surface area contributed by atoms with Crippen molar-refractivity contribution >= 4 is 0 Å². The third-order valence-corrected chi connectivity index (χ3v) is 2.30. The Bertz CT molecular complexity index is 407. The number of aromatic nitrogens is 2. The molecule has 3 nitrogen and oxygen atoms in total. The summed E-state index contributed by atoms with van der Waals surface area (Å²) in [4.78, 5) is 4.03. The predicted octanol–water partition coefficient (Wildman–Crippen LogP) is 1.65. The standard InChI is InChI=1S/C12H15N3/c1-13-8-11-3-2-4-12(7-11)9-15-6-5-14-10-15/h2-7,10,13H,8-9H2,1H3. The molecule has 1 aromatic heterocycles. The Labute approximate surface area is 89.8 Å². The minimum absolute atomic E-state index is 0.886. The molecule has 1 heterocycles. The van der Waals surface area contributed by atoms with Crippen molar-refractivity contribution in [3.63, 3.8) is 0 Å². The van der Waals surface area contributed by atoms with E-state index in [2.05, 4.69) is 39.1 Å². The number of rotatable bonds is 4. The van der Waals surface area contributed by atoms with Crippen LogP contribution in [0, 0.1) is 0 Å². The Hall–Kier alpha value is -1.61. The van der Waals surface area contributed by atoms with Gasteiger partial charge in [0.25, 0.3) is 0 Å². The average Bonchev–Trinajstić information content (AvgIpc) is 2.71. The molecular formula is C12H15N3. The van der Waals surface area contributed by atoms with E-state index in [4.69, 9.17) is 0 Å². The lowest BCUT2D eigenvalue weighted by molar-refractivity contribution is 0.785. The Kier molecular flexibility index (Phi) is 3.15. The van der Waals surface area contributed by atoms with Crippen molar-refractivity contribution in [1.82, 2.24) is 14.9 Å². The van der Waals surface area contributed by atoms with E-state index in [0.29, 0.717) is 0 Å². The van der Waals surface area contributed by atoms with Gasteiger partial charge in [-0.25, -0.2) is 4.98 Å². The molecule has 1 aromatic carbocycles. The van der Waals surface area contributed by atoms with Crippen LogP contribution >= 0.6 is 0 Å². The molecule has 0 atom stereocenters. The fourth-order valence-corrected chi connectivity index (χ4v) is 1.63. The summed E-state index contributed by atoms with van der Waals surface area (Å²) in [7, 11) is 1.96. The lowest BCUT2D eigenvalue weighted by atomic mass is 10.1. The topological polar surface area (TPSA) is 29.9 Å². The van der Waals surface area contributed by atoms with Crippen LogP contribution in [0.2, 0.25) is 0 Å². The van der Waals surface area contributed by atoms with Gasteiger partial charge in [0.05, 0.1) is 6.33 Å². The molecule has 1 N–H and O–H groups in total. The SMILES string of the molecule is CNCc1cccc(Cn2ccnc2)c1. The maximum Gasteiger partial charge on any atom is 0.0949 e. The molecule has 0 aliphatic carbocycles. The molecule has 0 aliphatic rings.